The molecular formula is C18H21FN4O2. The van der Waals surface area contributed by atoms with E-state index in [9.17, 15) is 9.18 Å². The Morgan fingerprint density at radius 2 is 2.28 bits per heavy atom. The molecule has 1 fully saturated rings. The van der Waals surface area contributed by atoms with E-state index in [0.29, 0.717) is 19.8 Å². The molecule has 2 aromatic rings. The average molecular weight is 344 g/mol. The van der Waals surface area contributed by atoms with Crippen molar-refractivity contribution in [1.82, 2.24) is 19.7 Å². The van der Waals surface area contributed by atoms with Crippen LogP contribution in [0.25, 0.3) is 0 Å². The first kappa shape index (κ1) is 16.2. The van der Waals surface area contributed by atoms with Crippen LogP contribution in [0, 0.1) is 5.82 Å². The van der Waals surface area contributed by atoms with Gasteiger partial charge in [0.25, 0.3) is 5.91 Å². The minimum atomic E-state index is -0.580. The summed E-state index contributed by atoms with van der Waals surface area (Å²) in [6.07, 6.45) is 5.03. The van der Waals surface area contributed by atoms with Crippen LogP contribution in [0.1, 0.15) is 52.7 Å². The first-order valence-corrected chi connectivity index (χ1v) is 8.70. The number of hydrogen-bond donors (Lipinski definition) is 0. The van der Waals surface area contributed by atoms with Crippen LogP contribution in [-0.4, -0.2) is 38.7 Å². The number of rotatable bonds is 2. The second kappa shape index (κ2) is 6.55. The quantitative estimate of drug-likeness (QED) is 0.839. The average Bonchev–Trinajstić information content (AvgIpc) is 2.99. The number of carbonyl (C=O) groups is 1. The maximum atomic E-state index is 14.1. The number of aryl methyl sites for hydroxylation is 1. The highest BCUT2D eigenvalue weighted by Crippen LogP contribution is 2.35. The predicted octanol–water partition coefficient (Wildman–Crippen LogP) is 2.39. The lowest BCUT2D eigenvalue weighted by molar-refractivity contribution is 0.0585. The molecule has 0 saturated carbocycles. The summed E-state index contributed by atoms with van der Waals surface area (Å²) in [6.45, 7) is 1.80. The summed E-state index contributed by atoms with van der Waals surface area (Å²) in [7, 11) is 1.93. The van der Waals surface area contributed by atoms with Gasteiger partial charge in [-0.3, -0.25) is 9.48 Å². The maximum Gasteiger partial charge on any atom is 0.276 e. The third kappa shape index (κ3) is 2.82. The van der Waals surface area contributed by atoms with Gasteiger partial charge in [-0.1, -0.05) is 0 Å². The van der Waals surface area contributed by atoms with Crippen molar-refractivity contribution in [1.29, 1.82) is 0 Å². The molecule has 7 heteroatoms. The number of halogens is 1. The number of piperidine rings is 1. The molecule has 1 saturated heterocycles. The molecule has 4 heterocycles. The van der Waals surface area contributed by atoms with E-state index in [1.54, 1.807) is 4.90 Å². The summed E-state index contributed by atoms with van der Waals surface area (Å²) in [6, 6.07) is 2.61. The lowest BCUT2D eigenvalue weighted by atomic mass is 9.95. The first-order chi connectivity index (χ1) is 12.2. The van der Waals surface area contributed by atoms with E-state index in [0.717, 1.165) is 36.9 Å². The molecule has 132 valence electrons. The zero-order valence-corrected chi connectivity index (χ0v) is 14.2. The molecule has 4 rings (SSSR count). The minimum Gasteiger partial charge on any atom is -0.376 e. The highest BCUT2D eigenvalue weighted by Gasteiger charge is 2.35. The second-order valence-electron chi connectivity index (χ2n) is 6.58. The molecule has 0 N–H and O–H groups in total. The Morgan fingerprint density at radius 1 is 1.40 bits per heavy atom. The van der Waals surface area contributed by atoms with Gasteiger partial charge in [0.15, 0.2) is 11.5 Å². The summed E-state index contributed by atoms with van der Waals surface area (Å²) in [5, 5.41) is 4.69. The fourth-order valence-corrected chi connectivity index (χ4v) is 3.84. The number of ether oxygens (including phenoxy) is 1. The smallest absolute Gasteiger partial charge is 0.276 e. The van der Waals surface area contributed by atoms with E-state index in [1.807, 2.05) is 11.7 Å². The molecule has 1 atom stereocenters. The number of carbonyl (C=O) groups excluding carboxylic acids is 1. The van der Waals surface area contributed by atoms with Crippen LogP contribution in [0.5, 0.6) is 0 Å². The summed E-state index contributed by atoms with van der Waals surface area (Å²) in [5.41, 5.74) is 3.03. The largest absolute Gasteiger partial charge is 0.376 e. The summed E-state index contributed by atoms with van der Waals surface area (Å²) in [5.74, 6) is -0.942. The van der Waals surface area contributed by atoms with Crippen molar-refractivity contribution in [3.63, 3.8) is 0 Å². The number of likely N-dealkylation sites (tertiary alicyclic amines) is 1. The topological polar surface area (TPSA) is 60.2 Å². The number of amides is 1. The van der Waals surface area contributed by atoms with E-state index in [2.05, 4.69) is 4.98 Å². The van der Waals surface area contributed by atoms with Gasteiger partial charge in [-0.05, 0) is 31.4 Å². The summed E-state index contributed by atoms with van der Waals surface area (Å²) < 4.78 is 21.6. The maximum absolute atomic E-state index is 14.1. The zero-order valence-electron chi connectivity index (χ0n) is 14.2. The first-order valence-electron chi connectivity index (χ1n) is 8.70. The van der Waals surface area contributed by atoms with Gasteiger partial charge >= 0.3 is 0 Å². The Labute approximate surface area is 145 Å². The number of pyridine rings is 1. The Bertz CT molecular complexity index is 804. The van der Waals surface area contributed by atoms with Crippen LogP contribution in [0.15, 0.2) is 18.3 Å². The molecule has 0 aromatic carbocycles. The number of nitrogens with zero attached hydrogens (tertiary/aromatic N) is 4. The molecule has 0 radical (unpaired) electrons. The van der Waals surface area contributed by atoms with E-state index in [4.69, 9.17) is 9.84 Å². The van der Waals surface area contributed by atoms with Gasteiger partial charge in [-0.2, -0.15) is 5.10 Å². The van der Waals surface area contributed by atoms with Crippen LogP contribution < -0.4 is 0 Å². The Hall–Kier alpha value is -2.28. The third-order valence-corrected chi connectivity index (χ3v) is 5.08. The Kier molecular flexibility index (Phi) is 4.25. The fourth-order valence-electron chi connectivity index (χ4n) is 3.84. The SMILES string of the molecule is Cn1nc(C2CCCCN2C(=O)c2ncccc2F)c2c1CCOC2. The monoisotopic (exact) mass is 344 g/mol. The Morgan fingerprint density at radius 3 is 3.12 bits per heavy atom. The standard InChI is InChI=1S/C18H21FN4O2/c1-22-14-7-10-25-11-12(14)16(21-22)15-6-2-3-9-23(15)18(24)17-13(19)5-4-8-20-17/h4-5,8,15H,2-3,6-7,9-11H2,1H3. The van der Waals surface area contributed by atoms with Crippen molar-refractivity contribution < 1.29 is 13.9 Å². The molecule has 1 unspecified atom stereocenters. The van der Waals surface area contributed by atoms with Crippen LogP contribution in [0.3, 0.4) is 0 Å². The van der Waals surface area contributed by atoms with Gasteiger partial charge in [0.05, 0.1) is 24.9 Å². The second-order valence-corrected chi connectivity index (χ2v) is 6.58. The Balaban J connectivity index is 1.71. The molecule has 2 aliphatic heterocycles. The summed E-state index contributed by atoms with van der Waals surface area (Å²) in [4.78, 5) is 18.6. The van der Waals surface area contributed by atoms with Crippen molar-refractivity contribution in [2.45, 2.75) is 38.3 Å². The van der Waals surface area contributed by atoms with Gasteiger partial charge < -0.3 is 9.64 Å². The number of hydrogen-bond acceptors (Lipinski definition) is 4. The van der Waals surface area contributed by atoms with Crippen molar-refractivity contribution in [3.8, 4) is 0 Å². The number of fused-ring (bicyclic) bond motifs is 1. The van der Waals surface area contributed by atoms with E-state index in [1.165, 1.54) is 24.0 Å². The molecular weight excluding hydrogens is 323 g/mol. The van der Waals surface area contributed by atoms with Crippen LogP contribution in [0.4, 0.5) is 4.39 Å². The lowest BCUT2D eigenvalue weighted by Crippen LogP contribution is -2.40. The third-order valence-electron chi connectivity index (χ3n) is 5.08. The molecule has 25 heavy (non-hydrogen) atoms. The zero-order chi connectivity index (χ0) is 17.4. The van der Waals surface area contributed by atoms with Gasteiger partial charge in [-0.15, -0.1) is 0 Å². The molecule has 0 bridgehead atoms. The van der Waals surface area contributed by atoms with Crippen LogP contribution in [0.2, 0.25) is 0 Å². The van der Waals surface area contributed by atoms with Crippen molar-refractivity contribution >= 4 is 5.91 Å². The highest BCUT2D eigenvalue weighted by atomic mass is 19.1. The normalized spacial score (nSPS) is 20.4. The van der Waals surface area contributed by atoms with Crippen LogP contribution >= 0.6 is 0 Å². The van der Waals surface area contributed by atoms with Gasteiger partial charge in [0.2, 0.25) is 0 Å². The van der Waals surface area contributed by atoms with Crippen molar-refractivity contribution in [2.24, 2.45) is 7.05 Å². The minimum absolute atomic E-state index is 0.115. The fraction of sp³-hybridized carbons (Fsp3) is 0.500. The highest BCUT2D eigenvalue weighted by molar-refractivity contribution is 5.92. The van der Waals surface area contributed by atoms with E-state index >= 15 is 0 Å². The molecule has 1 amide bonds. The van der Waals surface area contributed by atoms with Crippen molar-refractivity contribution in [2.75, 3.05) is 13.2 Å². The molecule has 2 aliphatic rings. The van der Waals surface area contributed by atoms with Gasteiger partial charge in [0.1, 0.15) is 0 Å². The van der Waals surface area contributed by atoms with E-state index in [-0.39, 0.29) is 17.6 Å². The predicted molar refractivity (Wildman–Crippen MR) is 88.4 cm³/mol. The molecule has 0 spiro atoms. The van der Waals surface area contributed by atoms with Gasteiger partial charge in [0, 0.05) is 37.5 Å². The lowest BCUT2D eigenvalue weighted by Gasteiger charge is -2.35. The van der Waals surface area contributed by atoms with Gasteiger partial charge in [-0.25, -0.2) is 9.37 Å². The summed E-state index contributed by atoms with van der Waals surface area (Å²) >= 11 is 0. The molecule has 2 aromatic heterocycles. The van der Waals surface area contributed by atoms with Crippen molar-refractivity contribution in [3.05, 3.63) is 46.8 Å². The molecule has 0 aliphatic carbocycles. The number of aromatic nitrogens is 3. The van der Waals surface area contributed by atoms with E-state index < -0.39 is 5.82 Å². The molecule has 6 nitrogen and oxygen atoms in total. The van der Waals surface area contributed by atoms with Crippen LogP contribution in [-0.2, 0) is 24.8 Å².